The molecule has 0 spiro atoms. The van der Waals surface area contributed by atoms with E-state index in [9.17, 15) is 4.79 Å². The lowest BCUT2D eigenvalue weighted by molar-refractivity contribution is -0.152. The molecule has 112 valence electrons. The Morgan fingerprint density at radius 1 is 1.40 bits per heavy atom. The summed E-state index contributed by atoms with van der Waals surface area (Å²) in [6.07, 6.45) is 3.85. The third-order valence-electron chi connectivity index (χ3n) is 4.70. The maximum absolute atomic E-state index is 11.0. The first-order chi connectivity index (χ1) is 9.54. The number of aliphatic imine (C=N–C) groups is 1. The Morgan fingerprint density at radius 2 is 2.15 bits per heavy atom. The highest BCUT2D eigenvalue weighted by molar-refractivity contribution is 8.14. The van der Waals surface area contributed by atoms with Crippen molar-refractivity contribution in [1.82, 2.24) is 0 Å². The molecule has 5 heteroatoms. The standard InChI is InChI=1S/C15H23NO3S/c1-8-9(2)14-15(19-12(8)7-18-10(3)17)20-13(16-14)6-11-4-5-11/h8-9,11-12,14-15H,4-7H2,1-3H3/t8-,9-,12+,14+,15+/m0/s1. The Hall–Kier alpha value is -0.550. The zero-order valence-electron chi connectivity index (χ0n) is 12.4. The smallest absolute Gasteiger partial charge is 0.302 e. The van der Waals surface area contributed by atoms with Gasteiger partial charge in [-0.15, -0.1) is 0 Å². The van der Waals surface area contributed by atoms with E-state index in [1.807, 2.05) is 0 Å². The van der Waals surface area contributed by atoms with E-state index in [4.69, 9.17) is 14.5 Å². The van der Waals surface area contributed by atoms with Gasteiger partial charge in [0.1, 0.15) is 12.0 Å². The van der Waals surface area contributed by atoms with E-state index < -0.39 is 0 Å². The third kappa shape index (κ3) is 3.03. The molecule has 0 aromatic heterocycles. The fraction of sp³-hybridized carbons (Fsp3) is 0.867. The Morgan fingerprint density at radius 3 is 2.80 bits per heavy atom. The van der Waals surface area contributed by atoms with Crippen LogP contribution in [-0.4, -0.2) is 35.2 Å². The summed E-state index contributed by atoms with van der Waals surface area (Å²) in [7, 11) is 0. The second-order valence-electron chi connectivity index (χ2n) is 6.34. The van der Waals surface area contributed by atoms with E-state index in [0.29, 0.717) is 18.4 Å². The zero-order valence-corrected chi connectivity index (χ0v) is 13.2. The van der Waals surface area contributed by atoms with Crippen LogP contribution in [-0.2, 0) is 14.3 Å². The van der Waals surface area contributed by atoms with Crippen molar-refractivity contribution in [1.29, 1.82) is 0 Å². The molecule has 2 aliphatic heterocycles. The van der Waals surface area contributed by atoms with Gasteiger partial charge in [0.05, 0.1) is 17.2 Å². The van der Waals surface area contributed by atoms with E-state index >= 15 is 0 Å². The van der Waals surface area contributed by atoms with Crippen LogP contribution in [0.15, 0.2) is 4.99 Å². The van der Waals surface area contributed by atoms with Gasteiger partial charge in [0.2, 0.25) is 0 Å². The fourth-order valence-corrected chi connectivity index (χ4v) is 4.37. The number of hydrogen-bond donors (Lipinski definition) is 0. The lowest BCUT2D eigenvalue weighted by Crippen LogP contribution is -2.47. The Bertz CT molecular complexity index is 421. The summed E-state index contributed by atoms with van der Waals surface area (Å²) in [6, 6.07) is 0.275. The van der Waals surface area contributed by atoms with Crippen LogP contribution < -0.4 is 0 Å². The zero-order chi connectivity index (χ0) is 14.3. The molecule has 0 amide bonds. The molecular formula is C15H23NO3S. The maximum Gasteiger partial charge on any atom is 0.302 e. The van der Waals surface area contributed by atoms with Crippen molar-refractivity contribution in [2.45, 2.75) is 57.6 Å². The summed E-state index contributed by atoms with van der Waals surface area (Å²) in [6.45, 7) is 6.23. The van der Waals surface area contributed by atoms with Crippen LogP contribution in [0.4, 0.5) is 0 Å². The average Bonchev–Trinajstić information content (AvgIpc) is 3.10. The predicted octanol–water partition coefficient (Wildman–Crippen LogP) is 2.86. The van der Waals surface area contributed by atoms with Crippen LogP contribution in [0.25, 0.3) is 0 Å². The van der Waals surface area contributed by atoms with Crippen molar-refractivity contribution in [2.24, 2.45) is 22.7 Å². The lowest BCUT2D eigenvalue weighted by atomic mass is 9.83. The highest BCUT2D eigenvalue weighted by Crippen LogP contribution is 2.45. The Labute approximate surface area is 124 Å². The minimum absolute atomic E-state index is 0.00174. The summed E-state index contributed by atoms with van der Waals surface area (Å²) in [5, 5.41) is 1.27. The van der Waals surface area contributed by atoms with Crippen LogP contribution in [0.3, 0.4) is 0 Å². The van der Waals surface area contributed by atoms with Gasteiger partial charge in [0, 0.05) is 6.92 Å². The van der Waals surface area contributed by atoms with E-state index in [2.05, 4.69) is 13.8 Å². The SMILES string of the molecule is CC(=O)OC[C@H]1O[C@@H]2SC(CC3CC3)=N[C@@H]2[C@@H](C)[C@@H]1C. The first-order valence-electron chi connectivity index (χ1n) is 7.56. The molecule has 2 heterocycles. The van der Waals surface area contributed by atoms with Crippen molar-refractivity contribution >= 4 is 22.8 Å². The molecule has 0 N–H and O–H groups in total. The van der Waals surface area contributed by atoms with E-state index in [1.165, 1.54) is 24.8 Å². The number of nitrogens with zero attached hydrogens (tertiary/aromatic N) is 1. The van der Waals surface area contributed by atoms with Gasteiger partial charge in [-0.2, -0.15) is 0 Å². The van der Waals surface area contributed by atoms with Crippen LogP contribution in [0.5, 0.6) is 0 Å². The van der Waals surface area contributed by atoms with Crippen LogP contribution in [0.2, 0.25) is 0 Å². The van der Waals surface area contributed by atoms with Crippen molar-refractivity contribution in [2.75, 3.05) is 6.61 Å². The van der Waals surface area contributed by atoms with Crippen molar-refractivity contribution in [3.63, 3.8) is 0 Å². The normalized spacial score (nSPS) is 40.1. The number of rotatable bonds is 4. The molecule has 0 unspecified atom stereocenters. The van der Waals surface area contributed by atoms with Gasteiger partial charge >= 0.3 is 5.97 Å². The molecule has 0 bridgehead atoms. The van der Waals surface area contributed by atoms with Crippen molar-refractivity contribution < 1.29 is 14.3 Å². The van der Waals surface area contributed by atoms with Gasteiger partial charge in [-0.1, -0.05) is 25.6 Å². The van der Waals surface area contributed by atoms with Crippen molar-refractivity contribution in [3.05, 3.63) is 0 Å². The molecule has 1 aliphatic carbocycles. The van der Waals surface area contributed by atoms with Gasteiger partial charge in [-0.25, -0.2) is 0 Å². The highest BCUT2D eigenvalue weighted by atomic mass is 32.2. The molecule has 0 radical (unpaired) electrons. The number of ether oxygens (including phenoxy) is 2. The molecule has 3 rings (SSSR count). The van der Waals surface area contributed by atoms with Crippen LogP contribution >= 0.6 is 11.8 Å². The molecule has 1 saturated heterocycles. The quantitative estimate of drug-likeness (QED) is 0.749. The van der Waals surface area contributed by atoms with Gasteiger partial charge < -0.3 is 9.47 Å². The highest BCUT2D eigenvalue weighted by Gasteiger charge is 2.46. The van der Waals surface area contributed by atoms with E-state index in [1.54, 1.807) is 11.8 Å². The number of carbonyl (C=O) groups excluding carboxylic acids is 1. The largest absolute Gasteiger partial charge is 0.463 e. The number of fused-ring (bicyclic) bond motifs is 1. The summed E-state index contributed by atoms with van der Waals surface area (Å²) >= 11 is 1.79. The summed E-state index contributed by atoms with van der Waals surface area (Å²) in [5.41, 5.74) is 0.121. The molecule has 3 aliphatic rings. The Balaban J connectivity index is 1.62. The van der Waals surface area contributed by atoms with Gasteiger partial charge in [0.25, 0.3) is 0 Å². The summed E-state index contributed by atoms with van der Waals surface area (Å²) in [5.74, 6) is 1.46. The second-order valence-corrected chi connectivity index (χ2v) is 7.51. The van der Waals surface area contributed by atoms with E-state index in [-0.39, 0.29) is 23.6 Å². The third-order valence-corrected chi connectivity index (χ3v) is 5.87. The maximum atomic E-state index is 11.0. The second kappa shape index (κ2) is 5.68. The number of hydrogen-bond acceptors (Lipinski definition) is 5. The molecule has 5 atom stereocenters. The lowest BCUT2D eigenvalue weighted by Gasteiger charge is -2.40. The summed E-state index contributed by atoms with van der Waals surface area (Å²) in [4.78, 5) is 15.9. The molecule has 4 nitrogen and oxygen atoms in total. The average molecular weight is 297 g/mol. The van der Waals surface area contributed by atoms with Gasteiger partial charge in [0.15, 0.2) is 0 Å². The molecule has 0 aromatic carbocycles. The summed E-state index contributed by atoms with van der Waals surface area (Å²) < 4.78 is 11.3. The van der Waals surface area contributed by atoms with Crippen LogP contribution in [0.1, 0.15) is 40.0 Å². The first kappa shape index (κ1) is 14.4. The predicted molar refractivity (Wildman–Crippen MR) is 79.8 cm³/mol. The molecule has 1 saturated carbocycles. The minimum Gasteiger partial charge on any atom is -0.463 e. The van der Waals surface area contributed by atoms with Crippen LogP contribution in [0, 0.1) is 17.8 Å². The van der Waals surface area contributed by atoms with Gasteiger partial charge in [-0.05, 0) is 37.0 Å². The number of carbonyl (C=O) groups is 1. The van der Waals surface area contributed by atoms with Gasteiger partial charge in [-0.3, -0.25) is 9.79 Å². The monoisotopic (exact) mass is 297 g/mol. The molecule has 2 fully saturated rings. The molecular weight excluding hydrogens is 274 g/mol. The van der Waals surface area contributed by atoms with E-state index in [0.717, 1.165) is 12.3 Å². The topological polar surface area (TPSA) is 47.9 Å². The molecule has 20 heavy (non-hydrogen) atoms. The first-order valence-corrected chi connectivity index (χ1v) is 8.44. The number of esters is 1. The minimum atomic E-state index is -0.236. The fourth-order valence-electron chi connectivity index (χ4n) is 2.94. The molecule has 0 aromatic rings. The van der Waals surface area contributed by atoms with Crippen molar-refractivity contribution in [3.8, 4) is 0 Å². The number of thioether (sulfide) groups is 1. The Kier molecular flexibility index (Phi) is 4.09.